The first kappa shape index (κ1) is 21.9. The Morgan fingerprint density at radius 1 is 1.09 bits per heavy atom. The van der Waals surface area contributed by atoms with Crippen LogP contribution in [0.2, 0.25) is 0 Å². The molecule has 1 atom stereocenters. The summed E-state index contributed by atoms with van der Waals surface area (Å²) < 4.78 is 5.54. The Kier molecular flexibility index (Phi) is 6.01. The molecule has 6 nitrogen and oxygen atoms in total. The number of likely N-dealkylation sites (tertiary alicyclic amines) is 2. The summed E-state index contributed by atoms with van der Waals surface area (Å²) in [7, 11) is 0. The summed E-state index contributed by atoms with van der Waals surface area (Å²) in [6.07, 6.45) is 5.08. The lowest BCUT2D eigenvalue weighted by atomic mass is 9.66. The van der Waals surface area contributed by atoms with E-state index in [1.165, 1.54) is 0 Å². The van der Waals surface area contributed by atoms with Gasteiger partial charge >= 0.3 is 0 Å². The van der Waals surface area contributed by atoms with Crippen LogP contribution < -0.4 is 0 Å². The standard InChI is InChI=1S/C26H37N3O3/c1-19(2)29-24(30)22-7-4-3-6-21(22)23(25(31)28-12-5-13-28)26(29)10-14-27(15-11-26)18-20-8-16-32-17-9-20/h3-4,6-7,19-20,23H,5,8-18H2,1-2H3. The van der Waals surface area contributed by atoms with Gasteiger partial charge in [0.15, 0.2) is 0 Å². The molecule has 6 heteroatoms. The molecule has 5 rings (SSSR count). The van der Waals surface area contributed by atoms with Crippen LogP contribution in [0.15, 0.2) is 24.3 Å². The molecular weight excluding hydrogens is 402 g/mol. The maximum Gasteiger partial charge on any atom is 0.254 e. The van der Waals surface area contributed by atoms with Gasteiger partial charge in [-0.05, 0) is 63.5 Å². The molecule has 1 spiro atoms. The second-order valence-electron chi connectivity index (χ2n) is 10.4. The van der Waals surface area contributed by atoms with Gasteiger partial charge in [0.1, 0.15) is 0 Å². The lowest BCUT2D eigenvalue weighted by Gasteiger charge is -2.57. The van der Waals surface area contributed by atoms with Gasteiger partial charge in [0.05, 0.1) is 11.5 Å². The first-order chi connectivity index (χ1) is 15.5. The zero-order valence-electron chi connectivity index (χ0n) is 19.6. The first-order valence-corrected chi connectivity index (χ1v) is 12.5. The molecule has 0 aliphatic carbocycles. The number of rotatable bonds is 4. The van der Waals surface area contributed by atoms with E-state index in [-0.39, 0.29) is 23.8 Å². The van der Waals surface area contributed by atoms with Crippen molar-refractivity contribution in [3.8, 4) is 0 Å². The maximum absolute atomic E-state index is 13.9. The van der Waals surface area contributed by atoms with E-state index >= 15 is 0 Å². The van der Waals surface area contributed by atoms with E-state index in [4.69, 9.17) is 4.74 Å². The number of benzene rings is 1. The molecule has 0 bridgehead atoms. The highest BCUT2D eigenvalue weighted by Crippen LogP contribution is 2.49. The number of carbonyl (C=O) groups is 2. The van der Waals surface area contributed by atoms with Gasteiger partial charge in [-0.2, -0.15) is 0 Å². The van der Waals surface area contributed by atoms with E-state index in [2.05, 4.69) is 23.6 Å². The predicted molar refractivity (Wildman–Crippen MR) is 124 cm³/mol. The second-order valence-corrected chi connectivity index (χ2v) is 10.4. The minimum Gasteiger partial charge on any atom is -0.381 e. The summed E-state index contributed by atoms with van der Waals surface area (Å²) in [6.45, 7) is 10.6. The fourth-order valence-electron chi connectivity index (χ4n) is 6.48. The highest BCUT2D eigenvalue weighted by atomic mass is 16.5. The summed E-state index contributed by atoms with van der Waals surface area (Å²) >= 11 is 0. The highest BCUT2D eigenvalue weighted by molar-refractivity contribution is 6.02. The molecule has 4 aliphatic rings. The van der Waals surface area contributed by atoms with Gasteiger partial charge < -0.3 is 19.4 Å². The number of piperidine rings is 1. The fourth-order valence-corrected chi connectivity index (χ4v) is 6.48. The van der Waals surface area contributed by atoms with Gasteiger partial charge in [0.2, 0.25) is 5.91 Å². The lowest BCUT2D eigenvalue weighted by molar-refractivity contribution is -0.142. The zero-order chi connectivity index (χ0) is 22.3. The van der Waals surface area contributed by atoms with Crippen LogP contribution in [-0.2, 0) is 9.53 Å². The van der Waals surface area contributed by atoms with E-state index < -0.39 is 5.54 Å². The molecule has 1 unspecified atom stereocenters. The summed E-state index contributed by atoms with van der Waals surface area (Å²) in [6, 6.07) is 7.92. The molecular formula is C26H37N3O3. The second kappa shape index (κ2) is 8.79. The number of carbonyl (C=O) groups excluding carboxylic acids is 2. The molecule has 1 aromatic rings. The molecule has 0 radical (unpaired) electrons. The maximum atomic E-state index is 13.9. The fraction of sp³-hybridized carbons (Fsp3) is 0.692. The molecule has 0 aromatic heterocycles. The Morgan fingerprint density at radius 2 is 1.78 bits per heavy atom. The van der Waals surface area contributed by atoms with Gasteiger partial charge in [0, 0.05) is 57.5 Å². The number of nitrogens with zero attached hydrogens (tertiary/aromatic N) is 3. The average molecular weight is 440 g/mol. The monoisotopic (exact) mass is 439 g/mol. The van der Waals surface area contributed by atoms with Crippen molar-refractivity contribution in [2.45, 2.75) is 63.5 Å². The normalized spacial score (nSPS) is 26.3. The van der Waals surface area contributed by atoms with Crippen LogP contribution >= 0.6 is 0 Å². The first-order valence-electron chi connectivity index (χ1n) is 12.5. The molecule has 1 aromatic carbocycles. The molecule has 32 heavy (non-hydrogen) atoms. The van der Waals surface area contributed by atoms with Gasteiger partial charge in [-0.25, -0.2) is 0 Å². The van der Waals surface area contributed by atoms with E-state index in [1.807, 2.05) is 29.2 Å². The molecule has 4 heterocycles. The minimum absolute atomic E-state index is 0.0598. The number of amides is 2. The summed E-state index contributed by atoms with van der Waals surface area (Å²) in [4.78, 5) is 34.2. The van der Waals surface area contributed by atoms with Gasteiger partial charge in [-0.3, -0.25) is 9.59 Å². The van der Waals surface area contributed by atoms with Crippen LogP contribution in [0.1, 0.15) is 67.8 Å². The topological polar surface area (TPSA) is 53.1 Å². The van der Waals surface area contributed by atoms with Crippen molar-refractivity contribution in [1.29, 1.82) is 0 Å². The molecule has 174 valence electrons. The minimum atomic E-state index is -0.432. The number of fused-ring (bicyclic) bond motifs is 1. The third kappa shape index (κ3) is 3.65. The van der Waals surface area contributed by atoms with Gasteiger partial charge in [-0.15, -0.1) is 0 Å². The van der Waals surface area contributed by atoms with Crippen molar-refractivity contribution < 1.29 is 14.3 Å². The van der Waals surface area contributed by atoms with Crippen LogP contribution in [0.25, 0.3) is 0 Å². The average Bonchev–Trinajstić information content (AvgIpc) is 2.75. The molecule has 3 fully saturated rings. The number of hydrogen-bond donors (Lipinski definition) is 0. The van der Waals surface area contributed by atoms with E-state index in [1.54, 1.807) is 0 Å². The molecule has 4 aliphatic heterocycles. The van der Waals surface area contributed by atoms with Crippen LogP contribution in [0.5, 0.6) is 0 Å². The SMILES string of the molecule is CC(C)N1C(=O)c2ccccc2C(C(=O)N2CCC2)C12CCN(CC1CCOCC1)CC2. The van der Waals surface area contributed by atoms with E-state index in [0.29, 0.717) is 5.92 Å². The Morgan fingerprint density at radius 3 is 2.41 bits per heavy atom. The van der Waals surface area contributed by atoms with Crippen LogP contribution in [-0.4, -0.2) is 84.0 Å². The van der Waals surface area contributed by atoms with Crippen molar-refractivity contribution in [3.05, 3.63) is 35.4 Å². The smallest absolute Gasteiger partial charge is 0.254 e. The summed E-state index contributed by atoms with van der Waals surface area (Å²) in [5.74, 6) is 0.761. The number of hydrogen-bond acceptors (Lipinski definition) is 4. The van der Waals surface area contributed by atoms with Crippen molar-refractivity contribution in [2.24, 2.45) is 5.92 Å². The summed E-state index contributed by atoms with van der Waals surface area (Å²) in [5, 5.41) is 0. The Bertz CT molecular complexity index is 852. The molecule has 0 saturated carbocycles. The van der Waals surface area contributed by atoms with Gasteiger partial charge in [0.25, 0.3) is 5.91 Å². The highest BCUT2D eigenvalue weighted by Gasteiger charge is 2.57. The zero-order valence-corrected chi connectivity index (χ0v) is 19.6. The summed E-state index contributed by atoms with van der Waals surface area (Å²) in [5.41, 5.74) is 1.23. The van der Waals surface area contributed by atoms with Gasteiger partial charge in [-0.1, -0.05) is 18.2 Å². The van der Waals surface area contributed by atoms with E-state index in [0.717, 1.165) is 89.2 Å². The lowest BCUT2D eigenvalue weighted by Crippen LogP contribution is -2.67. The van der Waals surface area contributed by atoms with Crippen LogP contribution in [0.4, 0.5) is 0 Å². The van der Waals surface area contributed by atoms with Crippen LogP contribution in [0.3, 0.4) is 0 Å². The molecule has 2 amide bonds. The Hall–Kier alpha value is -1.92. The number of ether oxygens (including phenoxy) is 1. The van der Waals surface area contributed by atoms with Crippen molar-refractivity contribution in [3.63, 3.8) is 0 Å². The van der Waals surface area contributed by atoms with Crippen molar-refractivity contribution in [1.82, 2.24) is 14.7 Å². The van der Waals surface area contributed by atoms with Crippen molar-refractivity contribution >= 4 is 11.8 Å². The van der Waals surface area contributed by atoms with E-state index in [9.17, 15) is 9.59 Å². The third-order valence-corrected chi connectivity index (χ3v) is 8.25. The Balaban J connectivity index is 1.47. The molecule has 3 saturated heterocycles. The van der Waals surface area contributed by atoms with Crippen LogP contribution in [0, 0.1) is 5.92 Å². The quantitative estimate of drug-likeness (QED) is 0.723. The molecule has 0 N–H and O–H groups in total. The Labute approximate surface area is 191 Å². The van der Waals surface area contributed by atoms with Crippen molar-refractivity contribution in [2.75, 3.05) is 45.9 Å². The predicted octanol–water partition coefficient (Wildman–Crippen LogP) is 3.13. The largest absolute Gasteiger partial charge is 0.381 e. The third-order valence-electron chi connectivity index (χ3n) is 8.25.